The monoisotopic (exact) mass is 526 g/mol. The molecule has 192 valence electrons. The maximum Gasteiger partial charge on any atom is 0.371 e. The van der Waals surface area contributed by atoms with Crippen LogP contribution in [-0.2, 0) is 52.4 Å². The zero-order valence-corrected chi connectivity index (χ0v) is 20.9. The lowest BCUT2D eigenvalue weighted by molar-refractivity contribution is -0.169. The van der Waals surface area contributed by atoms with Crippen LogP contribution in [0, 0.1) is 5.92 Å². The van der Waals surface area contributed by atoms with Gasteiger partial charge in [0.05, 0.1) is 10.7 Å². The zero-order valence-electron chi connectivity index (χ0n) is 19.2. The Labute approximate surface area is 203 Å². The van der Waals surface area contributed by atoms with Gasteiger partial charge in [-0.3, -0.25) is 24.0 Å². The number of Topliss-reactive ketones (excluding diaryl/α,β-unsaturated/α-hetero) is 1. The highest BCUT2D eigenvalue weighted by atomic mass is 32.2. The van der Waals surface area contributed by atoms with Crippen molar-refractivity contribution in [2.24, 2.45) is 5.92 Å². The lowest BCUT2D eigenvalue weighted by Gasteiger charge is -2.23. The maximum absolute atomic E-state index is 12.8. The third-order valence-corrected chi connectivity index (χ3v) is 5.46. The summed E-state index contributed by atoms with van der Waals surface area (Å²) in [6.07, 6.45) is -0.444. The molecular formula is C19H26O13S2. The van der Waals surface area contributed by atoms with Crippen LogP contribution in [-0.4, -0.2) is 71.1 Å². The molecule has 0 aromatic rings. The normalized spacial score (nSPS) is 11.4. The predicted molar refractivity (Wildman–Crippen MR) is 116 cm³/mol. The van der Waals surface area contributed by atoms with Gasteiger partial charge in [0.2, 0.25) is 20.4 Å². The second kappa shape index (κ2) is 15.9. The summed E-state index contributed by atoms with van der Waals surface area (Å²) in [6, 6.07) is 0. The Kier molecular flexibility index (Phi) is 14.6. The van der Waals surface area contributed by atoms with Crippen molar-refractivity contribution in [3.05, 3.63) is 0 Å². The van der Waals surface area contributed by atoms with Crippen molar-refractivity contribution in [2.75, 3.05) is 26.1 Å². The summed E-state index contributed by atoms with van der Waals surface area (Å²) in [5.41, 5.74) is 0. The Morgan fingerprint density at radius 2 is 1.12 bits per heavy atom. The van der Waals surface area contributed by atoms with E-state index < -0.39 is 77.7 Å². The number of thioether (sulfide) groups is 2. The van der Waals surface area contributed by atoms with Gasteiger partial charge < -0.3 is 28.4 Å². The lowest BCUT2D eigenvalue weighted by Crippen LogP contribution is -2.34. The molecule has 0 saturated carbocycles. The average Bonchev–Trinajstić information content (AvgIpc) is 2.69. The summed E-state index contributed by atoms with van der Waals surface area (Å²) in [4.78, 5) is 81.1. The summed E-state index contributed by atoms with van der Waals surface area (Å²) in [6.45, 7) is 4.23. The third-order valence-electron chi connectivity index (χ3n) is 3.52. The first-order chi connectivity index (χ1) is 15.7. The zero-order chi connectivity index (χ0) is 26.3. The van der Waals surface area contributed by atoms with E-state index in [0.717, 1.165) is 20.8 Å². The second-order valence-corrected chi connectivity index (χ2v) is 9.27. The first-order valence-electron chi connectivity index (χ1n) is 9.50. The topological polar surface area (TPSA) is 175 Å². The fourth-order valence-electron chi connectivity index (χ4n) is 1.79. The van der Waals surface area contributed by atoms with Crippen LogP contribution in [0.5, 0.6) is 0 Å². The number of ketones is 1. The maximum atomic E-state index is 12.8. The summed E-state index contributed by atoms with van der Waals surface area (Å²) in [5, 5.41) is -1.77. The van der Waals surface area contributed by atoms with E-state index in [9.17, 15) is 33.6 Å². The predicted octanol–water partition coefficient (Wildman–Crippen LogP) is 2.18. The molecule has 0 amide bonds. The molecule has 0 aliphatic rings. The van der Waals surface area contributed by atoms with Crippen molar-refractivity contribution in [1.82, 2.24) is 0 Å². The second-order valence-electron chi connectivity index (χ2n) is 6.76. The summed E-state index contributed by atoms with van der Waals surface area (Å²) < 4.78 is 26.3. The van der Waals surface area contributed by atoms with Gasteiger partial charge in [-0.15, -0.1) is 0 Å². The number of carbonyl (C=O) groups excluding carboxylic acids is 7. The highest BCUT2D eigenvalue weighted by molar-refractivity contribution is 8.15. The molecular weight excluding hydrogens is 500 g/mol. The van der Waals surface area contributed by atoms with Crippen LogP contribution in [0.15, 0.2) is 0 Å². The highest BCUT2D eigenvalue weighted by Gasteiger charge is 2.36. The van der Waals surface area contributed by atoms with Crippen LogP contribution in [0.25, 0.3) is 0 Å². The van der Waals surface area contributed by atoms with Crippen LogP contribution in [0.3, 0.4) is 0 Å². The van der Waals surface area contributed by atoms with E-state index >= 15 is 0 Å². The number of esters is 4. The van der Waals surface area contributed by atoms with Gasteiger partial charge in [-0.2, -0.15) is 0 Å². The van der Waals surface area contributed by atoms with Crippen molar-refractivity contribution in [1.29, 1.82) is 0 Å². The van der Waals surface area contributed by atoms with E-state index in [1.165, 1.54) is 13.8 Å². The summed E-state index contributed by atoms with van der Waals surface area (Å²) in [7, 11) is 0. The fraction of sp³-hybridized carbons (Fsp3) is 0.632. The first-order valence-corrected chi connectivity index (χ1v) is 11.3. The van der Waals surface area contributed by atoms with E-state index in [1.807, 2.05) is 0 Å². The molecule has 0 aromatic carbocycles. The first kappa shape index (κ1) is 31.2. The van der Waals surface area contributed by atoms with Crippen LogP contribution in [0.2, 0.25) is 0 Å². The molecule has 15 heteroatoms. The van der Waals surface area contributed by atoms with Gasteiger partial charge in [-0.1, -0.05) is 0 Å². The third kappa shape index (κ3) is 15.1. The Hall–Kier alpha value is -2.81. The standard InChI is InChI=1S/C19H26O13S2/c1-11(20)27-8-30-16(24)14(7-33-17(25)31-9-28-12(2)21)6-15(23)19(4,5)34-18(26)32-10-29-13(3)22/h14H,6-10H2,1-5H3/t14-/m0/s1. The van der Waals surface area contributed by atoms with Gasteiger partial charge in [0.25, 0.3) is 0 Å². The quantitative estimate of drug-likeness (QED) is 0.194. The minimum Gasteiger partial charge on any atom is -0.428 e. The molecule has 0 heterocycles. The largest absolute Gasteiger partial charge is 0.428 e. The number of carbonyl (C=O) groups is 7. The van der Waals surface area contributed by atoms with E-state index in [0.29, 0.717) is 23.5 Å². The molecule has 0 unspecified atom stereocenters. The van der Waals surface area contributed by atoms with Crippen molar-refractivity contribution >= 4 is 63.8 Å². The molecule has 0 aliphatic heterocycles. The van der Waals surface area contributed by atoms with Gasteiger partial charge in [-0.05, 0) is 37.4 Å². The minimum atomic E-state index is -1.36. The Morgan fingerprint density at radius 1 is 0.676 bits per heavy atom. The van der Waals surface area contributed by atoms with Gasteiger partial charge in [-0.25, -0.2) is 9.59 Å². The number of hydrogen-bond donors (Lipinski definition) is 0. The molecule has 0 saturated heterocycles. The molecule has 1 atom stereocenters. The van der Waals surface area contributed by atoms with E-state index in [2.05, 4.69) is 23.7 Å². The van der Waals surface area contributed by atoms with Crippen molar-refractivity contribution < 1.29 is 62.0 Å². The van der Waals surface area contributed by atoms with Crippen LogP contribution in [0.1, 0.15) is 41.0 Å². The smallest absolute Gasteiger partial charge is 0.371 e. The fourth-order valence-corrected chi connectivity index (χ4v) is 3.24. The molecule has 0 bridgehead atoms. The lowest BCUT2D eigenvalue weighted by atomic mass is 9.97. The molecule has 0 N–H and O–H groups in total. The van der Waals surface area contributed by atoms with Crippen molar-refractivity contribution in [3.8, 4) is 0 Å². The minimum absolute atomic E-state index is 0.263. The van der Waals surface area contributed by atoms with Crippen LogP contribution >= 0.6 is 23.5 Å². The Morgan fingerprint density at radius 3 is 1.59 bits per heavy atom. The van der Waals surface area contributed by atoms with Crippen molar-refractivity contribution in [2.45, 2.75) is 45.8 Å². The van der Waals surface area contributed by atoms with Crippen LogP contribution < -0.4 is 0 Å². The Bertz CT molecular complexity index is 778. The van der Waals surface area contributed by atoms with Gasteiger partial charge in [0.1, 0.15) is 5.78 Å². The molecule has 13 nitrogen and oxygen atoms in total. The van der Waals surface area contributed by atoms with E-state index in [-0.39, 0.29) is 5.75 Å². The average molecular weight is 527 g/mol. The molecule has 0 aromatic heterocycles. The summed E-state index contributed by atoms with van der Waals surface area (Å²) in [5.74, 6) is -4.96. The molecule has 34 heavy (non-hydrogen) atoms. The van der Waals surface area contributed by atoms with Gasteiger partial charge in [0.15, 0.2) is 0 Å². The number of ether oxygens (including phenoxy) is 6. The number of hydrogen-bond acceptors (Lipinski definition) is 15. The molecule has 0 rings (SSSR count). The number of rotatable bonds is 13. The van der Waals surface area contributed by atoms with Crippen molar-refractivity contribution in [3.63, 3.8) is 0 Å². The molecule has 0 radical (unpaired) electrons. The van der Waals surface area contributed by atoms with E-state index in [4.69, 9.17) is 4.74 Å². The van der Waals surface area contributed by atoms with Crippen LogP contribution in [0.4, 0.5) is 9.59 Å². The molecule has 0 fully saturated rings. The highest BCUT2D eigenvalue weighted by Crippen LogP contribution is 2.31. The van der Waals surface area contributed by atoms with Gasteiger partial charge in [0, 0.05) is 32.9 Å². The van der Waals surface area contributed by atoms with E-state index in [1.54, 1.807) is 0 Å². The molecule has 0 spiro atoms. The van der Waals surface area contributed by atoms with Gasteiger partial charge >= 0.3 is 34.5 Å². The summed E-state index contributed by atoms with van der Waals surface area (Å²) >= 11 is 1.03. The molecule has 0 aliphatic carbocycles. The Balaban J connectivity index is 5.05. The SMILES string of the molecule is CC(=O)OCOC(=O)SC[C@H](CC(=O)C(C)(C)SC(=O)OCOC(C)=O)C(=O)OCOC(C)=O.